The van der Waals surface area contributed by atoms with Crippen LogP contribution in [-0.2, 0) is 5.41 Å². The molecule has 0 N–H and O–H groups in total. The van der Waals surface area contributed by atoms with Gasteiger partial charge < -0.3 is 0 Å². The summed E-state index contributed by atoms with van der Waals surface area (Å²) in [7, 11) is 0. The highest BCUT2D eigenvalue weighted by Crippen LogP contribution is 2.57. The van der Waals surface area contributed by atoms with Crippen molar-refractivity contribution in [2.45, 2.75) is 19.3 Å². The lowest BCUT2D eigenvalue weighted by Gasteiger charge is -2.34. The molecule has 0 bridgehead atoms. The van der Waals surface area contributed by atoms with Crippen LogP contribution in [0.15, 0.2) is 207 Å². The summed E-state index contributed by atoms with van der Waals surface area (Å²) in [4.78, 5) is 0. The van der Waals surface area contributed by atoms with Gasteiger partial charge in [0.15, 0.2) is 0 Å². The lowest BCUT2D eigenvalue weighted by molar-refractivity contribution is 0.768. The highest BCUT2D eigenvalue weighted by molar-refractivity contribution is 6.25. The predicted molar refractivity (Wildman–Crippen MR) is 255 cm³/mol. The van der Waals surface area contributed by atoms with Crippen LogP contribution in [0.4, 0.5) is 0 Å². The summed E-state index contributed by atoms with van der Waals surface area (Å²) in [5.41, 5.74) is 16.5. The van der Waals surface area contributed by atoms with Crippen LogP contribution in [0, 0.1) is 13.8 Å². The fourth-order valence-electron chi connectivity index (χ4n) is 9.64. The third-order valence-electron chi connectivity index (χ3n) is 12.7. The van der Waals surface area contributed by atoms with E-state index in [2.05, 4.69) is 221 Å². The Morgan fingerprint density at radius 2 is 0.983 bits per heavy atom. The van der Waals surface area contributed by atoms with Gasteiger partial charge in [-0.05, 0) is 142 Å². The van der Waals surface area contributed by atoms with Crippen molar-refractivity contribution in [2.75, 3.05) is 0 Å². The Labute approximate surface area is 347 Å². The first-order valence-corrected chi connectivity index (χ1v) is 20.5. The summed E-state index contributed by atoms with van der Waals surface area (Å²) in [6.45, 7) is 12.8. The van der Waals surface area contributed by atoms with Crippen LogP contribution in [0.25, 0.3) is 72.3 Å². The van der Waals surface area contributed by atoms with E-state index < -0.39 is 5.41 Å². The average molecular weight is 753 g/mol. The number of benzene rings is 9. The van der Waals surface area contributed by atoms with Gasteiger partial charge >= 0.3 is 0 Å². The molecule has 0 heteroatoms. The number of hydrogen-bond acceptors (Lipinski definition) is 0. The van der Waals surface area contributed by atoms with E-state index in [1.165, 1.54) is 99.1 Å². The minimum absolute atomic E-state index is 0.521. The zero-order valence-electron chi connectivity index (χ0n) is 33.5. The lowest BCUT2D eigenvalue weighted by Crippen LogP contribution is -2.28. The first-order valence-electron chi connectivity index (χ1n) is 20.5. The van der Waals surface area contributed by atoms with E-state index in [-0.39, 0.29) is 0 Å². The summed E-state index contributed by atoms with van der Waals surface area (Å²) in [6.07, 6.45) is 10.3. The molecular formula is C59H44. The molecule has 0 nitrogen and oxygen atoms in total. The van der Waals surface area contributed by atoms with Crippen molar-refractivity contribution in [1.82, 2.24) is 0 Å². The Hall–Kier alpha value is -7.28. The van der Waals surface area contributed by atoms with Gasteiger partial charge in [0.05, 0.1) is 5.41 Å². The van der Waals surface area contributed by atoms with Crippen LogP contribution in [0.5, 0.6) is 0 Å². The van der Waals surface area contributed by atoms with Gasteiger partial charge in [0.2, 0.25) is 0 Å². The molecule has 0 saturated carbocycles. The highest BCUT2D eigenvalue weighted by atomic mass is 14.5. The normalized spacial score (nSPS) is 13.1. The molecule has 0 aliphatic heterocycles. The maximum Gasteiger partial charge on any atom is 0.0713 e. The first-order chi connectivity index (χ1) is 29.0. The molecule has 0 saturated heterocycles. The quantitative estimate of drug-likeness (QED) is 0.107. The smallest absolute Gasteiger partial charge is 0.0713 e. The van der Waals surface area contributed by atoms with Crippen LogP contribution in [0.1, 0.15) is 50.1 Å². The minimum Gasteiger partial charge on any atom is -0.0991 e. The Morgan fingerprint density at radius 1 is 0.458 bits per heavy atom. The maximum absolute atomic E-state index is 4.63. The van der Waals surface area contributed by atoms with E-state index in [0.717, 1.165) is 11.1 Å². The second-order valence-corrected chi connectivity index (χ2v) is 15.8. The molecule has 1 aliphatic rings. The molecule has 0 unspecified atom stereocenters. The van der Waals surface area contributed by atoms with Crippen molar-refractivity contribution in [3.8, 4) is 22.3 Å². The van der Waals surface area contributed by atoms with Gasteiger partial charge in [0.25, 0.3) is 0 Å². The van der Waals surface area contributed by atoms with E-state index in [1.54, 1.807) is 0 Å². The molecule has 9 aromatic carbocycles. The molecule has 0 spiro atoms. The SMILES string of the molecule is C=C/C=C\c1ccc(/C=C\C(=C)c2ccc3c(c2)C(c2ccccc2)(c2ccccc2)c2ccc(-c4ccc5c6ccccc6c6ccccc6c5c4)cc2-3)c(C)c1C. The summed E-state index contributed by atoms with van der Waals surface area (Å²) >= 11 is 0. The molecule has 0 aromatic heterocycles. The topological polar surface area (TPSA) is 0 Å². The second-order valence-electron chi connectivity index (χ2n) is 15.8. The molecule has 280 valence electrons. The number of hydrogen-bond donors (Lipinski definition) is 0. The predicted octanol–water partition coefficient (Wildman–Crippen LogP) is 15.7. The van der Waals surface area contributed by atoms with Gasteiger partial charge in [-0.2, -0.15) is 0 Å². The molecule has 10 rings (SSSR count). The zero-order chi connectivity index (χ0) is 40.1. The van der Waals surface area contributed by atoms with Crippen LogP contribution >= 0.6 is 0 Å². The van der Waals surface area contributed by atoms with Crippen LogP contribution in [0.2, 0.25) is 0 Å². The van der Waals surface area contributed by atoms with Crippen molar-refractivity contribution in [3.05, 3.63) is 257 Å². The molecule has 0 atom stereocenters. The van der Waals surface area contributed by atoms with Crippen molar-refractivity contribution in [2.24, 2.45) is 0 Å². The van der Waals surface area contributed by atoms with Gasteiger partial charge in [-0.25, -0.2) is 0 Å². The standard InChI is InChI=1S/C59H44/c1-5-6-17-42-28-29-43(41(4)40(42)3)27-26-39(2)44-30-34-54-56-37-46(45-31-33-53-51-24-14-13-22-49(51)50-23-15-16-25-52(50)55(53)36-45)32-35-57(56)59(58(54)38-44,47-18-9-7-10-19-47)48-20-11-8-12-21-48/h5-38H,1-2H2,3-4H3/b17-6-,27-26-. The monoisotopic (exact) mass is 752 g/mol. The lowest BCUT2D eigenvalue weighted by atomic mass is 9.67. The van der Waals surface area contributed by atoms with Gasteiger partial charge in [-0.15, -0.1) is 0 Å². The second kappa shape index (κ2) is 14.6. The van der Waals surface area contributed by atoms with Gasteiger partial charge in [-0.1, -0.05) is 201 Å². The number of rotatable bonds is 8. The number of fused-ring (bicyclic) bond motifs is 9. The van der Waals surface area contributed by atoms with Gasteiger partial charge in [0.1, 0.15) is 0 Å². The fraction of sp³-hybridized carbons (Fsp3) is 0.0508. The molecule has 9 aromatic rings. The van der Waals surface area contributed by atoms with E-state index in [0.29, 0.717) is 0 Å². The van der Waals surface area contributed by atoms with Crippen LogP contribution in [0.3, 0.4) is 0 Å². The third kappa shape index (κ3) is 5.83. The molecule has 1 aliphatic carbocycles. The zero-order valence-corrected chi connectivity index (χ0v) is 33.5. The van der Waals surface area contributed by atoms with Crippen molar-refractivity contribution in [1.29, 1.82) is 0 Å². The van der Waals surface area contributed by atoms with Crippen molar-refractivity contribution >= 4 is 50.0 Å². The summed E-state index contributed by atoms with van der Waals surface area (Å²) in [5.74, 6) is 0. The Bertz CT molecular complexity index is 3120. The minimum atomic E-state index is -0.521. The Kier molecular flexibility index (Phi) is 8.92. The van der Waals surface area contributed by atoms with E-state index in [1.807, 2.05) is 12.2 Å². The third-order valence-corrected chi connectivity index (χ3v) is 12.7. The molecule has 0 amide bonds. The molecule has 59 heavy (non-hydrogen) atoms. The fourth-order valence-corrected chi connectivity index (χ4v) is 9.64. The Balaban J connectivity index is 1.14. The molecule has 0 heterocycles. The van der Waals surface area contributed by atoms with E-state index in [4.69, 9.17) is 0 Å². The van der Waals surface area contributed by atoms with Crippen LogP contribution < -0.4 is 0 Å². The number of allylic oxidation sites excluding steroid dienone is 4. The molecule has 0 radical (unpaired) electrons. The molecule has 0 fully saturated rings. The van der Waals surface area contributed by atoms with Crippen molar-refractivity contribution in [3.63, 3.8) is 0 Å². The summed E-state index contributed by atoms with van der Waals surface area (Å²) < 4.78 is 0. The maximum atomic E-state index is 4.63. The molecular weight excluding hydrogens is 709 g/mol. The van der Waals surface area contributed by atoms with E-state index in [9.17, 15) is 0 Å². The van der Waals surface area contributed by atoms with Crippen LogP contribution in [-0.4, -0.2) is 0 Å². The average Bonchev–Trinajstić information content (AvgIpc) is 3.59. The van der Waals surface area contributed by atoms with E-state index >= 15 is 0 Å². The highest BCUT2D eigenvalue weighted by Gasteiger charge is 2.46. The Morgan fingerprint density at radius 3 is 1.59 bits per heavy atom. The van der Waals surface area contributed by atoms with Gasteiger partial charge in [0, 0.05) is 0 Å². The first kappa shape index (κ1) is 36.1. The van der Waals surface area contributed by atoms with Crippen molar-refractivity contribution < 1.29 is 0 Å². The van der Waals surface area contributed by atoms with Gasteiger partial charge in [-0.3, -0.25) is 0 Å². The summed E-state index contributed by atoms with van der Waals surface area (Å²) in [6, 6.07) is 65.2. The largest absolute Gasteiger partial charge is 0.0991 e. The summed E-state index contributed by atoms with van der Waals surface area (Å²) in [5, 5.41) is 7.72.